The molecule has 1 atom stereocenters. The van der Waals surface area contributed by atoms with Crippen molar-refractivity contribution in [3.63, 3.8) is 0 Å². The number of amides is 3. The monoisotopic (exact) mass is 298 g/mol. The number of nitrogens with zero attached hydrogens (tertiary/aromatic N) is 1. The van der Waals surface area contributed by atoms with Gasteiger partial charge in [0.15, 0.2) is 0 Å². The largest absolute Gasteiger partial charge is 0.373 e. The normalized spacial score (nSPS) is 24.2. The van der Waals surface area contributed by atoms with Crippen LogP contribution in [-0.2, 0) is 16.1 Å². The summed E-state index contributed by atoms with van der Waals surface area (Å²) in [6, 6.07) is 5.25. The minimum Gasteiger partial charge on any atom is -0.373 e. The molecule has 4 N–H and O–H groups in total. The highest BCUT2D eigenvalue weighted by atomic mass is 16.2. The zero-order valence-corrected chi connectivity index (χ0v) is 11.9. The van der Waals surface area contributed by atoms with E-state index in [-0.39, 0.29) is 37.9 Å². The molecule has 2 radical (unpaired) electrons. The van der Waals surface area contributed by atoms with E-state index in [4.69, 9.17) is 13.6 Å². The second-order valence-electron chi connectivity index (χ2n) is 5.45. The quantitative estimate of drug-likeness (QED) is 0.388. The van der Waals surface area contributed by atoms with Gasteiger partial charge in [-0.15, -0.1) is 0 Å². The average Bonchev–Trinajstić information content (AvgIpc) is 2.81. The van der Waals surface area contributed by atoms with Crippen LogP contribution in [0.15, 0.2) is 18.2 Å². The topological polar surface area (TPSA) is 105 Å². The highest BCUT2D eigenvalue weighted by molar-refractivity contribution is 6.32. The number of benzene rings is 1. The molecule has 0 unspecified atom stereocenters. The Labute approximate surface area is 128 Å². The molecular formula is C14H15BN4O3. The summed E-state index contributed by atoms with van der Waals surface area (Å²) < 4.78 is 0. The van der Waals surface area contributed by atoms with Crippen LogP contribution < -0.4 is 16.4 Å². The first kappa shape index (κ1) is 14.6. The second-order valence-corrected chi connectivity index (χ2v) is 5.45. The Morgan fingerprint density at radius 2 is 2.14 bits per heavy atom. The van der Waals surface area contributed by atoms with E-state index in [9.17, 15) is 14.4 Å². The second kappa shape index (κ2) is 5.13. The SMILES string of the molecule is [B][C@@]1(N2Cc3cc(NCN)ccc3C2=O)CCC(=O)NC1=O. The number of hydrogen-bond acceptors (Lipinski definition) is 5. The maximum Gasteiger partial charge on any atom is 0.254 e. The van der Waals surface area contributed by atoms with Crippen LogP contribution in [0.5, 0.6) is 0 Å². The molecule has 22 heavy (non-hydrogen) atoms. The predicted molar refractivity (Wildman–Crippen MR) is 79.9 cm³/mol. The average molecular weight is 298 g/mol. The number of nitrogens with one attached hydrogen (secondary N) is 2. The molecule has 1 aromatic carbocycles. The fourth-order valence-electron chi connectivity index (χ4n) is 2.84. The van der Waals surface area contributed by atoms with Gasteiger partial charge in [0.25, 0.3) is 5.91 Å². The Morgan fingerprint density at radius 3 is 2.82 bits per heavy atom. The van der Waals surface area contributed by atoms with Crippen LogP contribution in [0, 0.1) is 0 Å². The lowest BCUT2D eigenvalue weighted by Gasteiger charge is -2.40. The summed E-state index contributed by atoms with van der Waals surface area (Å²) in [5, 5.41) is 5.16. The Morgan fingerprint density at radius 1 is 1.36 bits per heavy atom. The van der Waals surface area contributed by atoms with Gasteiger partial charge in [0.05, 0.1) is 12.1 Å². The number of carbonyl (C=O) groups excluding carboxylic acids is 3. The molecular weight excluding hydrogens is 283 g/mol. The van der Waals surface area contributed by atoms with Crippen molar-refractivity contribution in [2.45, 2.75) is 24.8 Å². The molecule has 2 heterocycles. The summed E-state index contributed by atoms with van der Waals surface area (Å²) >= 11 is 0. The van der Waals surface area contributed by atoms with E-state index in [1.165, 1.54) is 4.90 Å². The van der Waals surface area contributed by atoms with E-state index < -0.39 is 11.3 Å². The van der Waals surface area contributed by atoms with Gasteiger partial charge in [0, 0.05) is 24.2 Å². The van der Waals surface area contributed by atoms with E-state index in [0.717, 1.165) is 11.3 Å². The predicted octanol–water partition coefficient (Wildman–Crippen LogP) is -0.728. The van der Waals surface area contributed by atoms with E-state index in [1.807, 2.05) is 6.07 Å². The van der Waals surface area contributed by atoms with Gasteiger partial charge in [-0.25, -0.2) is 0 Å². The molecule has 112 valence electrons. The summed E-state index contributed by atoms with van der Waals surface area (Å²) in [6.07, 6.45) is 0.230. The minimum atomic E-state index is -1.49. The van der Waals surface area contributed by atoms with Gasteiger partial charge < -0.3 is 16.0 Å². The number of piperidine rings is 1. The lowest BCUT2D eigenvalue weighted by atomic mass is 9.70. The highest BCUT2D eigenvalue weighted by Gasteiger charge is 2.47. The number of carbonyl (C=O) groups is 3. The van der Waals surface area contributed by atoms with Crippen molar-refractivity contribution < 1.29 is 14.4 Å². The molecule has 1 aromatic rings. The molecule has 0 spiro atoms. The Bertz CT molecular complexity index is 678. The molecule has 3 amide bonds. The number of rotatable bonds is 3. The molecule has 3 rings (SSSR count). The van der Waals surface area contributed by atoms with Crippen molar-refractivity contribution in [3.8, 4) is 0 Å². The minimum absolute atomic E-state index is 0.113. The Kier molecular flexibility index (Phi) is 3.40. The molecule has 0 saturated carbocycles. The number of anilines is 1. The van der Waals surface area contributed by atoms with Crippen molar-refractivity contribution in [2.75, 3.05) is 12.0 Å². The van der Waals surface area contributed by atoms with Crippen molar-refractivity contribution in [1.82, 2.24) is 10.2 Å². The van der Waals surface area contributed by atoms with Crippen LogP contribution in [-0.4, -0.2) is 42.6 Å². The van der Waals surface area contributed by atoms with Crippen molar-refractivity contribution in [3.05, 3.63) is 29.3 Å². The number of fused-ring (bicyclic) bond motifs is 1. The van der Waals surface area contributed by atoms with Crippen molar-refractivity contribution >= 4 is 31.3 Å². The van der Waals surface area contributed by atoms with Crippen LogP contribution in [0.4, 0.5) is 5.69 Å². The number of hydrogen-bond donors (Lipinski definition) is 3. The van der Waals surface area contributed by atoms with Gasteiger partial charge in [-0.2, -0.15) is 0 Å². The highest BCUT2D eigenvalue weighted by Crippen LogP contribution is 2.33. The third-order valence-corrected chi connectivity index (χ3v) is 4.08. The molecule has 0 aliphatic carbocycles. The number of imide groups is 1. The fourth-order valence-corrected chi connectivity index (χ4v) is 2.84. The summed E-state index contributed by atoms with van der Waals surface area (Å²) in [4.78, 5) is 37.2. The first-order valence-electron chi connectivity index (χ1n) is 6.97. The van der Waals surface area contributed by atoms with Gasteiger partial charge in [-0.1, -0.05) is 0 Å². The Hall–Kier alpha value is -2.35. The number of nitrogens with two attached hydrogens (primary N) is 1. The fraction of sp³-hybridized carbons (Fsp3) is 0.357. The molecule has 0 aromatic heterocycles. The maximum absolute atomic E-state index is 12.5. The smallest absolute Gasteiger partial charge is 0.254 e. The zero-order chi connectivity index (χ0) is 15.9. The van der Waals surface area contributed by atoms with Crippen molar-refractivity contribution in [1.29, 1.82) is 0 Å². The molecule has 2 aliphatic heterocycles. The molecule has 0 bridgehead atoms. The van der Waals surface area contributed by atoms with Crippen LogP contribution in [0.2, 0.25) is 0 Å². The summed E-state index contributed by atoms with van der Waals surface area (Å²) in [5.41, 5.74) is 6.03. The van der Waals surface area contributed by atoms with Crippen LogP contribution in [0.3, 0.4) is 0 Å². The maximum atomic E-state index is 12.5. The van der Waals surface area contributed by atoms with E-state index in [0.29, 0.717) is 5.56 Å². The van der Waals surface area contributed by atoms with Gasteiger partial charge in [0.1, 0.15) is 7.85 Å². The van der Waals surface area contributed by atoms with Gasteiger partial charge in [-0.05, 0) is 30.2 Å². The summed E-state index contributed by atoms with van der Waals surface area (Å²) in [5.74, 6) is -1.31. The Balaban J connectivity index is 1.90. The first-order valence-corrected chi connectivity index (χ1v) is 6.97. The summed E-state index contributed by atoms with van der Waals surface area (Å²) in [7, 11) is 6.14. The molecule has 7 nitrogen and oxygen atoms in total. The molecule has 8 heteroatoms. The van der Waals surface area contributed by atoms with Crippen LogP contribution in [0.1, 0.15) is 28.8 Å². The van der Waals surface area contributed by atoms with Crippen molar-refractivity contribution in [2.24, 2.45) is 5.73 Å². The first-order chi connectivity index (χ1) is 10.5. The standard InChI is InChI=1S/C14H15BN4O3/c15-14(4-3-11(20)18-13(14)22)19-6-8-5-9(17-7-16)1-2-10(8)12(19)21/h1-2,5,17H,3-4,6-7,16H2,(H,18,20,22)/t14-/m1/s1. The van der Waals surface area contributed by atoms with E-state index in [2.05, 4.69) is 10.6 Å². The van der Waals surface area contributed by atoms with Gasteiger partial charge in [-0.3, -0.25) is 19.7 Å². The molecule has 1 fully saturated rings. The van der Waals surface area contributed by atoms with Crippen LogP contribution >= 0.6 is 0 Å². The lowest BCUT2D eigenvalue weighted by molar-refractivity contribution is -0.138. The van der Waals surface area contributed by atoms with Gasteiger partial charge >= 0.3 is 0 Å². The summed E-state index contributed by atoms with van der Waals surface area (Å²) in [6.45, 7) is 0.508. The van der Waals surface area contributed by atoms with E-state index in [1.54, 1.807) is 12.1 Å². The zero-order valence-electron chi connectivity index (χ0n) is 11.9. The molecule has 2 aliphatic rings. The third-order valence-electron chi connectivity index (χ3n) is 4.08. The third kappa shape index (κ3) is 2.16. The van der Waals surface area contributed by atoms with Gasteiger partial charge in [0.2, 0.25) is 11.8 Å². The lowest BCUT2D eigenvalue weighted by Crippen LogP contribution is -2.63. The molecule has 1 saturated heterocycles. The van der Waals surface area contributed by atoms with Crippen LogP contribution in [0.25, 0.3) is 0 Å². The van der Waals surface area contributed by atoms with E-state index >= 15 is 0 Å².